The fraction of sp³-hybridized carbons (Fsp3) is 0.222. The molecule has 4 nitrogen and oxygen atoms in total. The maximum absolute atomic E-state index is 11.3. The minimum Gasteiger partial charge on any atom is -0.507 e. The number of aromatic hydroxyl groups is 1. The van der Waals surface area contributed by atoms with Crippen molar-refractivity contribution in [1.29, 1.82) is 0 Å². The van der Waals surface area contributed by atoms with Crippen molar-refractivity contribution in [1.82, 2.24) is 0 Å². The number of ether oxygens (including phenoxy) is 2. The minimum absolute atomic E-state index is 0.00880. The Morgan fingerprint density at radius 2 is 2.07 bits per heavy atom. The van der Waals surface area contributed by atoms with Gasteiger partial charge in [-0.2, -0.15) is 0 Å². The van der Waals surface area contributed by atoms with Crippen LogP contribution in [0.1, 0.15) is 10.4 Å². The van der Waals surface area contributed by atoms with Gasteiger partial charge in [0.05, 0.1) is 18.7 Å². The van der Waals surface area contributed by atoms with Gasteiger partial charge in [-0.25, -0.2) is 4.79 Å². The van der Waals surface area contributed by atoms with E-state index in [1.54, 1.807) is 0 Å². The number of benzene rings is 1. The number of phenolic OH excluding ortho intramolecular Hbond substituents is 1. The van der Waals surface area contributed by atoms with Crippen LogP contribution >= 0.6 is 15.9 Å². The number of halogens is 1. The first-order chi connectivity index (χ1) is 6.60. The molecule has 0 saturated heterocycles. The molecule has 5 heteroatoms. The van der Waals surface area contributed by atoms with Crippen molar-refractivity contribution in [3.8, 4) is 11.5 Å². The van der Waals surface area contributed by atoms with Crippen molar-refractivity contribution in [2.75, 3.05) is 14.2 Å². The lowest BCUT2D eigenvalue weighted by Gasteiger charge is -2.08. The molecule has 0 amide bonds. The van der Waals surface area contributed by atoms with Gasteiger partial charge in [0.15, 0.2) is 0 Å². The van der Waals surface area contributed by atoms with Gasteiger partial charge in [-0.1, -0.05) is 0 Å². The van der Waals surface area contributed by atoms with Crippen LogP contribution in [0.25, 0.3) is 0 Å². The highest BCUT2D eigenvalue weighted by Crippen LogP contribution is 2.32. The van der Waals surface area contributed by atoms with Gasteiger partial charge in [0, 0.05) is 6.07 Å². The lowest BCUT2D eigenvalue weighted by molar-refractivity contribution is 0.0597. The lowest BCUT2D eigenvalue weighted by atomic mass is 10.2. The number of esters is 1. The predicted octanol–water partition coefficient (Wildman–Crippen LogP) is 1.95. The van der Waals surface area contributed by atoms with Crippen molar-refractivity contribution >= 4 is 21.9 Å². The van der Waals surface area contributed by atoms with Gasteiger partial charge < -0.3 is 14.6 Å². The summed E-state index contributed by atoms with van der Waals surface area (Å²) < 4.78 is 9.89. The first kappa shape index (κ1) is 10.8. The third-order valence-electron chi connectivity index (χ3n) is 1.67. The Morgan fingerprint density at radius 3 is 2.57 bits per heavy atom. The van der Waals surface area contributed by atoms with E-state index in [2.05, 4.69) is 20.7 Å². The van der Waals surface area contributed by atoms with Crippen LogP contribution in [0.2, 0.25) is 0 Å². The molecule has 76 valence electrons. The molecule has 0 radical (unpaired) electrons. The second kappa shape index (κ2) is 4.32. The van der Waals surface area contributed by atoms with Crippen LogP contribution in [0.3, 0.4) is 0 Å². The molecule has 0 heterocycles. The number of rotatable bonds is 2. The van der Waals surface area contributed by atoms with Gasteiger partial charge in [0.1, 0.15) is 17.1 Å². The molecule has 1 aromatic carbocycles. The summed E-state index contributed by atoms with van der Waals surface area (Å²) in [5, 5.41) is 9.33. The van der Waals surface area contributed by atoms with Crippen LogP contribution in [0.5, 0.6) is 11.5 Å². The standard InChI is InChI=1S/C9H9BrO4/c1-13-8-4-7(11)6(10)3-5(8)9(12)14-2/h3-4,11H,1-2H3. The third kappa shape index (κ3) is 1.98. The molecule has 0 aliphatic carbocycles. The first-order valence-electron chi connectivity index (χ1n) is 3.75. The highest BCUT2D eigenvalue weighted by Gasteiger charge is 2.15. The number of hydrogen-bond acceptors (Lipinski definition) is 4. The van der Waals surface area contributed by atoms with Crippen LogP contribution in [-0.2, 0) is 4.74 Å². The number of carbonyl (C=O) groups excluding carboxylic acids is 1. The minimum atomic E-state index is -0.512. The molecule has 14 heavy (non-hydrogen) atoms. The van der Waals surface area contributed by atoms with E-state index >= 15 is 0 Å². The molecule has 0 spiro atoms. The van der Waals surface area contributed by atoms with Gasteiger partial charge >= 0.3 is 5.97 Å². The van der Waals surface area contributed by atoms with E-state index in [1.165, 1.54) is 26.4 Å². The number of carbonyl (C=O) groups is 1. The van der Waals surface area contributed by atoms with E-state index in [0.717, 1.165) is 0 Å². The van der Waals surface area contributed by atoms with Gasteiger partial charge in [0.2, 0.25) is 0 Å². The summed E-state index contributed by atoms with van der Waals surface area (Å²) in [5.41, 5.74) is 0.264. The third-order valence-corrected chi connectivity index (χ3v) is 2.31. The maximum Gasteiger partial charge on any atom is 0.341 e. The monoisotopic (exact) mass is 260 g/mol. The molecule has 0 unspecified atom stereocenters. The molecular formula is C9H9BrO4. The quantitative estimate of drug-likeness (QED) is 0.826. The molecule has 0 bridgehead atoms. The molecule has 0 fully saturated rings. The van der Waals surface area contributed by atoms with Crippen molar-refractivity contribution < 1.29 is 19.4 Å². The highest BCUT2D eigenvalue weighted by molar-refractivity contribution is 9.10. The smallest absolute Gasteiger partial charge is 0.341 e. The average molecular weight is 261 g/mol. The molecule has 1 N–H and O–H groups in total. The van der Waals surface area contributed by atoms with E-state index in [-0.39, 0.29) is 17.1 Å². The average Bonchev–Trinajstić information content (AvgIpc) is 2.20. The molecule has 0 saturated carbocycles. The highest BCUT2D eigenvalue weighted by atomic mass is 79.9. The zero-order valence-corrected chi connectivity index (χ0v) is 9.29. The molecule has 1 rings (SSSR count). The van der Waals surface area contributed by atoms with Gasteiger partial charge in [0.25, 0.3) is 0 Å². The summed E-state index contributed by atoms with van der Waals surface area (Å²) in [6, 6.07) is 2.79. The largest absolute Gasteiger partial charge is 0.507 e. The Labute approximate surface area is 89.6 Å². The summed E-state index contributed by atoms with van der Waals surface area (Å²) >= 11 is 3.09. The predicted molar refractivity (Wildman–Crippen MR) is 53.7 cm³/mol. The summed E-state index contributed by atoms with van der Waals surface area (Å²) in [5.74, 6) is -0.227. The van der Waals surface area contributed by atoms with E-state index in [4.69, 9.17) is 4.74 Å². The van der Waals surface area contributed by atoms with Crippen LogP contribution in [0.4, 0.5) is 0 Å². The topological polar surface area (TPSA) is 55.8 Å². The number of hydrogen-bond donors (Lipinski definition) is 1. The summed E-state index contributed by atoms with van der Waals surface area (Å²) in [6.07, 6.45) is 0. The maximum atomic E-state index is 11.3. The Bertz CT molecular complexity index is 362. The van der Waals surface area contributed by atoms with Crippen LogP contribution in [0.15, 0.2) is 16.6 Å². The molecule has 0 aromatic heterocycles. The Morgan fingerprint density at radius 1 is 1.43 bits per heavy atom. The zero-order chi connectivity index (χ0) is 10.7. The summed E-state index contributed by atoms with van der Waals surface area (Å²) in [4.78, 5) is 11.3. The summed E-state index contributed by atoms with van der Waals surface area (Å²) in [7, 11) is 2.69. The Hall–Kier alpha value is -1.23. The number of methoxy groups -OCH3 is 2. The van der Waals surface area contributed by atoms with Gasteiger partial charge in [-0.05, 0) is 22.0 Å². The first-order valence-corrected chi connectivity index (χ1v) is 4.54. The van der Waals surface area contributed by atoms with Gasteiger partial charge in [-0.15, -0.1) is 0 Å². The van der Waals surface area contributed by atoms with Crippen LogP contribution < -0.4 is 4.74 Å². The van der Waals surface area contributed by atoms with Crippen molar-refractivity contribution in [2.24, 2.45) is 0 Å². The Balaban J connectivity index is 3.27. The van der Waals surface area contributed by atoms with Crippen LogP contribution in [0, 0.1) is 0 Å². The zero-order valence-electron chi connectivity index (χ0n) is 7.70. The molecule has 1 aromatic rings. The van der Waals surface area contributed by atoms with Crippen molar-refractivity contribution in [2.45, 2.75) is 0 Å². The van der Waals surface area contributed by atoms with E-state index < -0.39 is 5.97 Å². The summed E-state index contributed by atoms with van der Waals surface area (Å²) in [6.45, 7) is 0. The fourth-order valence-corrected chi connectivity index (χ4v) is 1.32. The fourth-order valence-electron chi connectivity index (χ4n) is 0.981. The van der Waals surface area contributed by atoms with Crippen LogP contribution in [-0.4, -0.2) is 25.3 Å². The van der Waals surface area contributed by atoms with E-state index in [0.29, 0.717) is 4.47 Å². The second-order valence-electron chi connectivity index (χ2n) is 2.50. The van der Waals surface area contributed by atoms with Crippen molar-refractivity contribution in [3.05, 3.63) is 22.2 Å². The molecular weight excluding hydrogens is 252 g/mol. The second-order valence-corrected chi connectivity index (χ2v) is 3.35. The molecule has 0 aliphatic heterocycles. The van der Waals surface area contributed by atoms with E-state index in [1.807, 2.05) is 0 Å². The lowest BCUT2D eigenvalue weighted by Crippen LogP contribution is -2.03. The molecule has 0 atom stereocenters. The SMILES string of the molecule is COC(=O)c1cc(Br)c(O)cc1OC. The Kier molecular flexibility index (Phi) is 3.35. The molecule has 0 aliphatic rings. The van der Waals surface area contributed by atoms with Gasteiger partial charge in [-0.3, -0.25) is 0 Å². The number of phenols is 1. The van der Waals surface area contributed by atoms with Crippen molar-refractivity contribution in [3.63, 3.8) is 0 Å². The normalized spacial score (nSPS) is 9.64. The van der Waals surface area contributed by atoms with E-state index in [9.17, 15) is 9.90 Å².